The van der Waals surface area contributed by atoms with Crippen LogP contribution in [0.15, 0.2) is 11.4 Å². The zero-order valence-corrected chi connectivity index (χ0v) is 15.2. The highest BCUT2D eigenvalue weighted by Crippen LogP contribution is 2.57. The summed E-state index contributed by atoms with van der Waals surface area (Å²) in [6.07, 6.45) is 7.30. The Hall–Kier alpha value is -1.35. The van der Waals surface area contributed by atoms with Crippen molar-refractivity contribution in [1.82, 2.24) is 20.2 Å². The van der Waals surface area contributed by atoms with E-state index >= 15 is 0 Å². The first-order valence-electron chi connectivity index (χ1n) is 8.32. The molecule has 1 aliphatic carbocycles. The Morgan fingerprint density at radius 3 is 2.80 bits per heavy atom. The van der Waals surface area contributed by atoms with Crippen LogP contribution in [0.5, 0.6) is 5.88 Å². The molecule has 132 valence electrons. The zero-order valence-electron chi connectivity index (χ0n) is 13.7. The van der Waals surface area contributed by atoms with Crippen LogP contribution in [-0.2, 0) is 15.1 Å². The molecule has 0 aromatic carbocycles. The Morgan fingerprint density at radius 1 is 1.20 bits per heavy atom. The Bertz CT molecular complexity index is 839. The summed E-state index contributed by atoms with van der Waals surface area (Å²) in [6, 6.07) is 0. The van der Waals surface area contributed by atoms with Crippen LogP contribution in [0.1, 0.15) is 31.2 Å². The van der Waals surface area contributed by atoms with E-state index in [0.29, 0.717) is 35.0 Å². The molecule has 1 saturated heterocycles. The highest BCUT2D eigenvalue weighted by Gasteiger charge is 2.63. The van der Waals surface area contributed by atoms with Gasteiger partial charge in [0.1, 0.15) is 5.15 Å². The summed E-state index contributed by atoms with van der Waals surface area (Å²) in [5.41, 5.74) is 1.57. The van der Waals surface area contributed by atoms with E-state index in [9.17, 15) is 0 Å². The first-order chi connectivity index (χ1) is 12.2. The third kappa shape index (κ3) is 2.05. The maximum atomic E-state index is 6.55. The molecule has 5 rings (SSSR count). The van der Waals surface area contributed by atoms with E-state index in [1.807, 2.05) is 6.26 Å². The average molecular weight is 381 g/mol. The molecule has 9 heteroatoms. The second-order valence-corrected chi connectivity index (χ2v) is 7.56. The van der Waals surface area contributed by atoms with Gasteiger partial charge in [-0.15, -0.1) is 0 Å². The zero-order chi connectivity index (χ0) is 17.1. The lowest BCUT2D eigenvalue weighted by Gasteiger charge is -2.50. The SMILES string of the molecule is CSc1nc(Cl)c2c(n1)OC1(CCCCC13OCCO3)c1cn[nH]c1-2. The summed E-state index contributed by atoms with van der Waals surface area (Å²) in [5.74, 6) is -0.347. The van der Waals surface area contributed by atoms with Crippen molar-refractivity contribution in [1.29, 1.82) is 0 Å². The predicted molar refractivity (Wildman–Crippen MR) is 91.8 cm³/mol. The van der Waals surface area contributed by atoms with Crippen molar-refractivity contribution >= 4 is 23.4 Å². The number of fused-ring (bicyclic) bond motifs is 5. The maximum Gasteiger partial charge on any atom is 0.229 e. The molecule has 0 bridgehead atoms. The molecule has 2 aromatic rings. The Labute approximate surface area is 153 Å². The normalized spacial score (nSPS) is 26.5. The first kappa shape index (κ1) is 15.9. The van der Waals surface area contributed by atoms with E-state index in [0.717, 1.165) is 36.9 Å². The van der Waals surface area contributed by atoms with Crippen molar-refractivity contribution in [3.8, 4) is 17.1 Å². The van der Waals surface area contributed by atoms with E-state index in [2.05, 4.69) is 20.2 Å². The van der Waals surface area contributed by atoms with Crippen molar-refractivity contribution in [2.24, 2.45) is 0 Å². The number of H-pyrrole nitrogens is 1. The van der Waals surface area contributed by atoms with Crippen LogP contribution in [0.4, 0.5) is 0 Å². The van der Waals surface area contributed by atoms with E-state index in [1.165, 1.54) is 11.8 Å². The molecule has 0 amide bonds. The molecule has 2 spiro atoms. The molecule has 2 aromatic heterocycles. The molecule has 2 fully saturated rings. The number of nitrogens with zero attached hydrogens (tertiary/aromatic N) is 3. The van der Waals surface area contributed by atoms with E-state index in [-0.39, 0.29) is 0 Å². The van der Waals surface area contributed by atoms with Gasteiger partial charge in [-0.25, -0.2) is 4.98 Å². The third-order valence-corrected chi connectivity index (χ3v) is 6.06. The summed E-state index contributed by atoms with van der Waals surface area (Å²) in [4.78, 5) is 8.89. The van der Waals surface area contributed by atoms with Gasteiger partial charge in [-0.3, -0.25) is 5.10 Å². The molecule has 1 atom stereocenters. The van der Waals surface area contributed by atoms with Crippen LogP contribution < -0.4 is 4.74 Å². The molecule has 2 aliphatic heterocycles. The fourth-order valence-corrected chi connectivity index (χ4v) is 4.86. The molecular formula is C16H17ClN4O3S. The van der Waals surface area contributed by atoms with Gasteiger partial charge < -0.3 is 14.2 Å². The van der Waals surface area contributed by atoms with Gasteiger partial charge in [0.25, 0.3) is 0 Å². The molecule has 0 radical (unpaired) electrons. The van der Waals surface area contributed by atoms with Crippen LogP contribution in [0, 0.1) is 0 Å². The number of aromatic nitrogens is 4. The fraction of sp³-hybridized carbons (Fsp3) is 0.562. The van der Waals surface area contributed by atoms with E-state index < -0.39 is 11.4 Å². The van der Waals surface area contributed by atoms with Crippen molar-refractivity contribution < 1.29 is 14.2 Å². The number of halogens is 1. The quantitative estimate of drug-likeness (QED) is 0.462. The number of hydrogen-bond donors (Lipinski definition) is 1. The monoisotopic (exact) mass is 380 g/mol. The lowest BCUT2D eigenvalue weighted by atomic mass is 9.73. The lowest BCUT2D eigenvalue weighted by Crippen LogP contribution is -2.59. The fourth-order valence-electron chi connectivity index (χ4n) is 4.20. The van der Waals surface area contributed by atoms with Gasteiger partial charge in [-0.1, -0.05) is 23.4 Å². The molecule has 25 heavy (non-hydrogen) atoms. The smallest absolute Gasteiger partial charge is 0.229 e. The number of aromatic amines is 1. The van der Waals surface area contributed by atoms with Crippen LogP contribution in [0.3, 0.4) is 0 Å². The van der Waals surface area contributed by atoms with Crippen molar-refractivity contribution in [3.05, 3.63) is 16.9 Å². The molecule has 4 heterocycles. The number of rotatable bonds is 1. The summed E-state index contributed by atoms with van der Waals surface area (Å²) >= 11 is 7.86. The molecule has 1 saturated carbocycles. The van der Waals surface area contributed by atoms with Gasteiger partial charge in [-0.2, -0.15) is 10.1 Å². The van der Waals surface area contributed by atoms with E-state index in [1.54, 1.807) is 6.20 Å². The Kier molecular flexibility index (Phi) is 3.54. The minimum absolute atomic E-state index is 0.354. The molecule has 1 N–H and O–H groups in total. The van der Waals surface area contributed by atoms with Gasteiger partial charge in [0.05, 0.1) is 30.7 Å². The van der Waals surface area contributed by atoms with Gasteiger partial charge in [0, 0.05) is 12.0 Å². The second-order valence-electron chi connectivity index (χ2n) is 6.43. The van der Waals surface area contributed by atoms with Crippen molar-refractivity contribution in [3.63, 3.8) is 0 Å². The van der Waals surface area contributed by atoms with Gasteiger partial charge in [-0.05, 0) is 25.5 Å². The largest absolute Gasteiger partial charge is 0.460 e. The topological polar surface area (TPSA) is 82.2 Å². The van der Waals surface area contributed by atoms with Gasteiger partial charge in [0.15, 0.2) is 10.8 Å². The number of ether oxygens (including phenoxy) is 3. The van der Waals surface area contributed by atoms with Crippen LogP contribution in [0.25, 0.3) is 11.3 Å². The molecular weight excluding hydrogens is 364 g/mol. The predicted octanol–water partition coefficient (Wildman–Crippen LogP) is 3.15. The van der Waals surface area contributed by atoms with Crippen molar-refractivity contribution in [2.45, 2.75) is 42.2 Å². The number of hydrogen-bond acceptors (Lipinski definition) is 7. The number of thioether (sulfide) groups is 1. The van der Waals surface area contributed by atoms with Crippen LogP contribution in [-0.4, -0.2) is 45.4 Å². The lowest BCUT2D eigenvalue weighted by molar-refractivity contribution is -0.283. The van der Waals surface area contributed by atoms with E-state index in [4.69, 9.17) is 25.8 Å². The highest BCUT2D eigenvalue weighted by atomic mass is 35.5. The number of nitrogens with one attached hydrogen (secondary N) is 1. The van der Waals surface area contributed by atoms with Crippen LogP contribution in [0.2, 0.25) is 5.15 Å². The Balaban J connectivity index is 1.75. The first-order valence-corrected chi connectivity index (χ1v) is 9.92. The summed E-state index contributed by atoms with van der Waals surface area (Å²) < 4.78 is 18.8. The molecule has 1 unspecified atom stereocenters. The molecule has 3 aliphatic rings. The average Bonchev–Trinajstić information content (AvgIpc) is 3.28. The highest BCUT2D eigenvalue weighted by molar-refractivity contribution is 7.98. The Morgan fingerprint density at radius 2 is 2.00 bits per heavy atom. The second kappa shape index (κ2) is 5.57. The standard InChI is InChI=1S/C16H17ClN4O3S/c1-25-14-19-12(17)10-11-9(8-18-21-11)15(24-13(10)20-14)4-2-3-5-16(15)22-6-7-23-16/h8H,2-7H2,1H3,(H,18,21). The molecule has 7 nitrogen and oxygen atoms in total. The maximum absolute atomic E-state index is 6.55. The van der Waals surface area contributed by atoms with Crippen molar-refractivity contribution in [2.75, 3.05) is 19.5 Å². The van der Waals surface area contributed by atoms with Gasteiger partial charge in [0.2, 0.25) is 11.7 Å². The summed E-state index contributed by atoms with van der Waals surface area (Å²) in [7, 11) is 0. The minimum atomic E-state index is -0.807. The third-order valence-electron chi connectivity index (χ3n) is 5.24. The van der Waals surface area contributed by atoms with Crippen LogP contribution >= 0.6 is 23.4 Å². The summed E-state index contributed by atoms with van der Waals surface area (Å²) in [6.45, 7) is 1.12. The van der Waals surface area contributed by atoms with Gasteiger partial charge >= 0.3 is 0 Å². The summed E-state index contributed by atoms with van der Waals surface area (Å²) in [5, 5.41) is 8.24. The minimum Gasteiger partial charge on any atom is -0.460 e.